The zero-order valence-corrected chi connectivity index (χ0v) is 13.2. The Morgan fingerprint density at radius 3 is 2.39 bits per heavy atom. The highest BCUT2D eigenvalue weighted by Gasteiger charge is 2.32. The van der Waals surface area contributed by atoms with E-state index in [4.69, 9.17) is 22.4 Å². The molecule has 0 radical (unpaired) electrons. The van der Waals surface area contributed by atoms with Crippen LogP contribution in [0.1, 0.15) is 6.42 Å². The molecule has 1 aliphatic rings. The molecule has 1 heterocycles. The van der Waals surface area contributed by atoms with Gasteiger partial charge in [0, 0.05) is 18.8 Å². The van der Waals surface area contributed by atoms with E-state index in [1.165, 1.54) is 12.1 Å². The first-order valence-corrected chi connectivity index (χ1v) is 6.64. The van der Waals surface area contributed by atoms with Crippen LogP contribution in [0.5, 0.6) is 5.75 Å². The maximum Gasteiger partial charge on any atom is 0.573 e. The Morgan fingerprint density at radius 2 is 1.91 bits per heavy atom. The van der Waals surface area contributed by atoms with Gasteiger partial charge >= 0.3 is 6.36 Å². The van der Waals surface area contributed by atoms with Gasteiger partial charge in [-0.3, -0.25) is 16.1 Å². The molecule has 4 N–H and O–H groups in total. The van der Waals surface area contributed by atoms with Gasteiger partial charge < -0.3 is 15.0 Å². The van der Waals surface area contributed by atoms with Crippen LogP contribution >= 0.6 is 24.0 Å². The summed E-state index contributed by atoms with van der Waals surface area (Å²) >= 11 is 5.70. The Morgan fingerprint density at radius 1 is 1.26 bits per heavy atom. The first kappa shape index (κ1) is 19.2. The average molecular weight is 372 g/mol. The van der Waals surface area contributed by atoms with Crippen molar-refractivity contribution >= 4 is 41.6 Å². The van der Waals surface area contributed by atoms with E-state index < -0.39 is 12.1 Å². The molecule has 11 heteroatoms. The lowest BCUT2D eigenvalue weighted by Crippen LogP contribution is -2.51. The van der Waals surface area contributed by atoms with Crippen molar-refractivity contribution in [1.29, 1.82) is 10.8 Å². The van der Waals surface area contributed by atoms with Gasteiger partial charge in [-0.2, -0.15) is 0 Å². The molecule has 1 saturated heterocycles. The van der Waals surface area contributed by atoms with Gasteiger partial charge in [0.1, 0.15) is 5.75 Å². The van der Waals surface area contributed by atoms with Crippen LogP contribution < -0.4 is 15.4 Å². The molecule has 0 atom stereocenters. The summed E-state index contributed by atoms with van der Waals surface area (Å²) in [6, 6.07) is 3.54. The Labute approximate surface area is 141 Å². The number of anilines is 1. The second-order valence-corrected chi connectivity index (χ2v) is 4.91. The van der Waals surface area contributed by atoms with E-state index in [9.17, 15) is 13.2 Å². The maximum absolute atomic E-state index is 12.1. The second kappa shape index (κ2) is 7.60. The molecule has 2 rings (SSSR count). The van der Waals surface area contributed by atoms with E-state index in [0.29, 0.717) is 5.69 Å². The topological polar surface area (TPSA) is 84.2 Å². The van der Waals surface area contributed by atoms with Crippen LogP contribution in [0, 0.1) is 10.8 Å². The number of nitrogens with zero attached hydrogens (tertiary/aromatic N) is 1. The predicted molar refractivity (Wildman–Crippen MR) is 83.8 cm³/mol. The van der Waals surface area contributed by atoms with E-state index in [-0.39, 0.29) is 29.3 Å². The molecule has 1 aromatic carbocycles. The third-order valence-corrected chi connectivity index (χ3v) is 3.14. The smallest absolute Gasteiger partial charge is 0.404 e. The molecule has 1 aliphatic heterocycles. The van der Waals surface area contributed by atoms with Crippen molar-refractivity contribution in [3.05, 3.63) is 23.2 Å². The number of halogens is 5. The summed E-state index contributed by atoms with van der Waals surface area (Å²) in [5, 5.41) is 20.2. The first-order chi connectivity index (χ1) is 10.2. The SMILES string of the molecule is Cl.N=C(NC(=N)N1CCC1)Nc1ccc(OC(F)(F)F)c(Cl)c1. The van der Waals surface area contributed by atoms with Crippen molar-refractivity contribution in [3.63, 3.8) is 0 Å². The number of rotatable bonds is 2. The van der Waals surface area contributed by atoms with Crippen molar-refractivity contribution in [1.82, 2.24) is 10.2 Å². The van der Waals surface area contributed by atoms with Gasteiger partial charge in [0.05, 0.1) is 5.02 Å². The molecule has 0 aromatic heterocycles. The standard InChI is InChI=1S/C12H13ClF3N5O.ClH/c13-8-6-7(2-3-9(8)22-12(14,15)16)19-10(17)20-11(18)21-4-1-5-21;/h2-3,6H,1,4-5H2,(H4,17,18,19,20);1H. The highest BCUT2D eigenvalue weighted by molar-refractivity contribution is 6.32. The van der Waals surface area contributed by atoms with E-state index >= 15 is 0 Å². The number of nitrogens with one attached hydrogen (secondary N) is 4. The maximum atomic E-state index is 12.1. The summed E-state index contributed by atoms with van der Waals surface area (Å²) in [7, 11) is 0. The van der Waals surface area contributed by atoms with Crippen LogP contribution in [0.15, 0.2) is 18.2 Å². The van der Waals surface area contributed by atoms with E-state index in [0.717, 1.165) is 25.6 Å². The molecular weight excluding hydrogens is 358 g/mol. The zero-order valence-electron chi connectivity index (χ0n) is 11.6. The lowest BCUT2D eigenvalue weighted by atomic mass is 10.2. The van der Waals surface area contributed by atoms with Gasteiger partial charge in [0.25, 0.3) is 0 Å². The largest absolute Gasteiger partial charge is 0.573 e. The van der Waals surface area contributed by atoms with Crippen LogP contribution in [0.3, 0.4) is 0 Å². The van der Waals surface area contributed by atoms with Crippen molar-refractivity contribution in [2.24, 2.45) is 0 Å². The van der Waals surface area contributed by atoms with Crippen LogP contribution in [0.25, 0.3) is 0 Å². The molecular formula is C12H14Cl2F3N5O. The van der Waals surface area contributed by atoms with Crippen LogP contribution in [0.2, 0.25) is 5.02 Å². The molecule has 0 aliphatic carbocycles. The van der Waals surface area contributed by atoms with E-state index in [1.54, 1.807) is 4.90 Å². The summed E-state index contributed by atoms with van der Waals surface area (Å²) in [5.41, 5.74) is 0.299. The van der Waals surface area contributed by atoms with Crippen molar-refractivity contribution in [2.45, 2.75) is 12.8 Å². The van der Waals surface area contributed by atoms with Gasteiger partial charge in [-0.1, -0.05) is 11.6 Å². The molecule has 1 fully saturated rings. The van der Waals surface area contributed by atoms with Gasteiger partial charge in [-0.05, 0) is 24.6 Å². The fourth-order valence-electron chi connectivity index (χ4n) is 1.70. The van der Waals surface area contributed by atoms with Crippen molar-refractivity contribution < 1.29 is 17.9 Å². The predicted octanol–water partition coefficient (Wildman–Crippen LogP) is 3.24. The highest BCUT2D eigenvalue weighted by Crippen LogP contribution is 2.32. The molecule has 6 nitrogen and oxygen atoms in total. The minimum atomic E-state index is -4.82. The molecule has 1 aromatic rings. The first-order valence-electron chi connectivity index (χ1n) is 6.26. The lowest BCUT2D eigenvalue weighted by Gasteiger charge is -2.33. The van der Waals surface area contributed by atoms with Crippen LogP contribution in [-0.2, 0) is 0 Å². The third kappa shape index (κ3) is 5.68. The summed E-state index contributed by atoms with van der Waals surface area (Å²) in [4.78, 5) is 1.74. The van der Waals surface area contributed by atoms with Crippen molar-refractivity contribution in [2.75, 3.05) is 18.4 Å². The molecule has 128 valence electrons. The number of hydrogen-bond acceptors (Lipinski definition) is 3. The fourth-order valence-corrected chi connectivity index (χ4v) is 1.92. The highest BCUT2D eigenvalue weighted by atomic mass is 35.5. The Hall–Kier alpha value is -1.87. The van der Waals surface area contributed by atoms with Crippen LogP contribution in [0.4, 0.5) is 18.9 Å². The van der Waals surface area contributed by atoms with Crippen molar-refractivity contribution in [3.8, 4) is 5.75 Å². The lowest BCUT2D eigenvalue weighted by molar-refractivity contribution is -0.274. The molecule has 0 amide bonds. The minimum absolute atomic E-state index is 0. The second-order valence-electron chi connectivity index (χ2n) is 4.51. The number of benzene rings is 1. The number of alkyl halides is 3. The van der Waals surface area contributed by atoms with E-state index in [1.807, 2.05) is 0 Å². The van der Waals surface area contributed by atoms with E-state index in [2.05, 4.69) is 15.4 Å². The molecule has 0 spiro atoms. The average Bonchev–Trinajstić information content (AvgIpc) is 2.28. The molecule has 0 unspecified atom stereocenters. The zero-order chi connectivity index (χ0) is 16.3. The van der Waals surface area contributed by atoms with Gasteiger partial charge in [-0.15, -0.1) is 25.6 Å². The Bertz CT molecular complexity index is 593. The third-order valence-electron chi connectivity index (χ3n) is 2.84. The number of guanidine groups is 2. The number of likely N-dealkylation sites (tertiary alicyclic amines) is 1. The summed E-state index contributed by atoms with van der Waals surface area (Å²) in [6.07, 6.45) is -3.82. The van der Waals surface area contributed by atoms with Gasteiger partial charge in [-0.25, -0.2) is 0 Å². The summed E-state index contributed by atoms with van der Waals surface area (Å²) in [6.45, 7) is 1.52. The summed E-state index contributed by atoms with van der Waals surface area (Å²) in [5.74, 6) is -0.614. The minimum Gasteiger partial charge on any atom is -0.404 e. The number of ether oxygens (including phenoxy) is 1. The monoisotopic (exact) mass is 371 g/mol. The normalized spacial score (nSPS) is 13.5. The molecule has 0 bridgehead atoms. The number of hydrogen-bond donors (Lipinski definition) is 4. The quantitative estimate of drug-likeness (QED) is 0.475. The van der Waals surface area contributed by atoms with Gasteiger partial charge in [0.2, 0.25) is 0 Å². The van der Waals surface area contributed by atoms with Gasteiger partial charge in [0.15, 0.2) is 11.9 Å². The Kier molecular flexibility index (Phi) is 6.34. The molecule has 0 saturated carbocycles. The molecule has 23 heavy (non-hydrogen) atoms. The fraction of sp³-hybridized carbons (Fsp3) is 0.333. The van der Waals surface area contributed by atoms with Crippen LogP contribution in [-0.4, -0.2) is 36.3 Å². The Balaban J connectivity index is 0.00000264. The summed E-state index contributed by atoms with van der Waals surface area (Å²) < 4.78 is 40.1.